The van der Waals surface area contributed by atoms with Crippen molar-refractivity contribution in [3.8, 4) is 0 Å². The molecule has 0 aliphatic heterocycles. The van der Waals surface area contributed by atoms with Crippen molar-refractivity contribution in [2.45, 2.75) is 59.6 Å². The lowest BCUT2D eigenvalue weighted by Crippen LogP contribution is -2.41. The van der Waals surface area contributed by atoms with Crippen molar-refractivity contribution in [3.63, 3.8) is 0 Å². The molecule has 1 unspecified atom stereocenters. The lowest BCUT2D eigenvalue weighted by atomic mass is 9.87. The number of nitrogens with one attached hydrogen (secondary N) is 1. The van der Waals surface area contributed by atoms with Crippen molar-refractivity contribution in [1.29, 1.82) is 0 Å². The molecule has 106 valence electrons. The number of amides is 1. The number of ether oxygens (including phenoxy) is 1. The highest BCUT2D eigenvalue weighted by Gasteiger charge is 2.22. The maximum Gasteiger partial charge on any atom is 0.305 e. The fourth-order valence-corrected chi connectivity index (χ4v) is 1.64. The molecule has 0 fully saturated rings. The smallest absolute Gasteiger partial charge is 0.305 e. The molecule has 0 spiro atoms. The molecule has 5 nitrogen and oxygen atoms in total. The molecule has 0 rings (SSSR count). The van der Waals surface area contributed by atoms with Crippen molar-refractivity contribution in [2.24, 2.45) is 5.41 Å². The normalized spacial score (nSPS) is 13.4. The third kappa shape index (κ3) is 10.1. The monoisotopic (exact) mass is 259 g/mol. The summed E-state index contributed by atoms with van der Waals surface area (Å²) in [6, 6.07) is -0.356. The summed E-state index contributed by atoms with van der Waals surface area (Å²) in [5.41, 5.74) is -0.0354. The molecule has 0 aromatic rings. The molecule has 0 aromatic heterocycles. The fraction of sp³-hybridized carbons (Fsp3) is 0.846. The van der Waals surface area contributed by atoms with Gasteiger partial charge in [0.05, 0.1) is 12.5 Å². The van der Waals surface area contributed by atoms with E-state index in [1.165, 1.54) is 0 Å². The van der Waals surface area contributed by atoms with Crippen LogP contribution in [0.2, 0.25) is 0 Å². The molecule has 0 bridgehead atoms. The summed E-state index contributed by atoms with van der Waals surface area (Å²) >= 11 is 0. The predicted molar refractivity (Wildman–Crippen MR) is 69.3 cm³/mol. The summed E-state index contributed by atoms with van der Waals surface area (Å²) in [6.45, 7) is 9.70. The van der Waals surface area contributed by atoms with Crippen molar-refractivity contribution < 1.29 is 19.4 Å². The first-order valence-corrected chi connectivity index (χ1v) is 6.23. The Labute approximate surface area is 109 Å². The number of hydrogen-bond acceptors (Lipinski definition) is 3. The standard InChI is InChI=1S/C13H25NO4/c1-9(2)18-8-11(15)14-10(6-12(16)17)7-13(3,4)5/h9-10H,6-8H2,1-5H3,(H,14,15)(H,16,17). The number of hydrogen-bond donors (Lipinski definition) is 2. The number of carbonyl (C=O) groups is 2. The third-order valence-electron chi connectivity index (χ3n) is 2.19. The Bertz CT molecular complexity index is 281. The van der Waals surface area contributed by atoms with Gasteiger partial charge in [-0.1, -0.05) is 20.8 Å². The second-order valence-corrected chi connectivity index (χ2v) is 5.99. The first-order chi connectivity index (χ1) is 8.10. The third-order valence-corrected chi connectivity index (χ3v) is 2.19. The van der Waals surface area contributed by atoms with E-state index in [0.29, 0.717) is 6.42 Å². The Morgan fingerprint density at radius 1 is 1.28 bits per heavy atom. The number of carboxylic acid groups (broad SMARTS) is 1. The van der Waals surface area contributed by atoms with Gasteiger partial charge in [0.25, 0.3) is 0 Å². The summed E-state index contributed by atoms with van der Waals surface area (Å²) in [5.74, 6) is -1.17. The van der Waals surface area contributed by atoms with Gasteiger partial charge in [-0.05, 0) is 25.7 Å². The van der Waals surface area contributed by atoms with E-state index in [-0.39, 0.29) is 36.5 Å². The second-order valence-electron chi connectivity index (χ2n) is 5.99. The molecular formula is C13H25NO4. The van der Waals surface area contributed by atoms with E-state index >= 15 is 0 Å². The molecule has 0 heterocycles. The molecule has 2 N–H and O–H groups in total. The first kappa shape index (κ1) is 16.9. The predicted octanol–water partition coefficient (Wildman–Crippen LogP) is 1.81. The molecule has 0 aliphatic carbocycles. The van der Waals surface area contributed by atoms with Crippen LogP contribution in [0.15, 0.2) is 0 Å². The van der Waals surface area contributed by atoms with E-state index in [1.54, 1.807) is 0 Å². The van der Waals surface area contributed by atoms with Crippen LogP contribution in [0.5, 0.6) is 0 Å². The zero-order valence-electron chi connectivity index (χ0n) is 11.9. The highest BCUT2D eigenvalue weighted by atomic mass is 16.5. The molecule has 5 heteroatoms. The van der Waals surface area contributed by atoms with Crippen LogP contribution in [-0.4, -0.2) is 35.7 Å². The quantitative estimate of drug-likeness (QED) is 0.731. The van der Waals surface area contributed by atoms with Crippen LogP contribution in [0.25, 0.3) is 0 Å². The van der Waals surface area contributed by atoms with Crippen LogP contribution in [0.4, 0.5) is 0 Å². The van der Waals surface area contributed by atoms with Gasteiger partial charge in [-0.15, -0.1) is 0 Å². The minimum Gasteiger partial charge on any atom is -0.481 e. The van der Waals surface area contributed by atoms with Gasteiger partial charge in [0.1, 0.15) is 6.61 Å². The van der Waals surface area contributed by atoms with Crippen LogP contribution in [0.3, 0.4) is 0 Å². The van der Waals surface area contributed by atoms with Gasteiger partial charge in [-0.3, -0.25) is 9.59 Å². The van der Waals surface area contributed by atoms with Crippen LogP contribution in [0.1, 0.15) is 47.5 Å². The average molecular weight is 259 g/mol. The zero-order valence-corrected chi connectivity index (χ0v) is 11.9. The van der Waals surface area contributed by atoms with Gasteiger partial charge in [-0.25, -0.2) is 0 Å². The van der Waals surface area contributed by atoms with Gasteiger partial charge in [0, 0.05) is 6.04 Å². The minimum atomic E-state index is -0.908. The molecule has 0 saturated heterocycles. The Hall–Kier alpha value is -1.10. The van der Waals surface area contributed by atoms with E-state index in [4.69, 9.17) is 9.84 Å². The average Bonchev–Trinajstić information content (AvgIpc) is 2.10. The maximum atomic E-state index is 11.6. The highest BCUT2D eigenvalue weighted by molar-refractivity contribution is 5.78. The van der Waals surface area contributed by atoms with Crippen LogP contribution in [-0.2, 0) is 14.3 Å². The van der Waals surface area contributed by atoms with Crippen molar-refractivity contribution >= 4 is 11.9 Å². The lowest BCUT2D eigenvalue weighted by molar-refractivity contribution is -0.138. The first-order valence-electron chi connectivity index (χ1n) is 6.23. The largest absolute Gasteiger partial charge is 0.481 e. The van der Waals surface area contributed by atoms with Gasteiger partial charge >= 0.3 is 5.97 Å². The van der Waals surface area contributed by atoms with Crippen molar-refractivity contribution in [1.82, 2.24) is 5.32 Å². The summed E-state index contributed by atoms with van der Waals surface area (Å²) in [7, 11) is 0. The van der Waals surface area contributed by atoms with Crippen molar-refractivity contribution in [2.75, 3.05) is 6.61 Å². The van der Waals surface area contributed by atoms with Crippen molar-refractivity contribution in [3.05, 3.63) is 0 Å². The fourth-order valence-electron chi connectivity index (χ4n) is 1.64. The van der Waals surface area contributed by atoms with E-state index < -0.39 is 5.97 Å². The van der Waals surface area contributed by atoms with Gasteiger partial charge in [0.15, 0.2) is 0 Å². The summed E-state index contributed by atoms with van der Waals surface area (Å²) in [6.07, 6.45) is 0.536. The minimum absolute atomic E-state index is 0.0173. The molecule has 0 saturated carbocycles. The van der Waals surface area contributed by atoms with Gasteiger partial charge < -0.3 is 15.2 Å². The molecule has 0 radical (unpaired) electrons. The Kier molecular flexibility index (Phi) is 6.91. The number of carbonyl (C=O) groups excluding carboxylic acids is 1. The van der Waals surface area contributed by atoms with Crippen LogP contribution < -0.4 is 5.32 Å². The molecule has 1 amide bonds. The summed E-state index contributed by atoms with van der Waals surface area (Å²) in [5, 5.41) is 11.5. The number of aliphatic carboxylic acids is 1. The van der Waals surface area contributed by atoms with E-state index in [2.05, 4.69) is 5.32 Å². The Morgan fingerprint density at radius 2 is 1.83 bits per heavy atom. The van der Waals surface area contributed by atoms with E-state index in [0.717, 1.165) is 0 Å². The Balaban J connectivity index is 4.31. The molecule has 1 atom stereocenters. The number of rotatable bonds is 7. The molecule has 0 aromatic carbocycles. The number of carboxylic acids is 1. The summed E-state index contributed by atoms with van der Waals surface area (Å²) in [4.78, 5) is 22.4. The molecular weight excluding hydrogens is 234 g/mol. The van der Waals surface area contributed by atoms with Gasteiger partial charge in [0.2, 0.25) is 5.91 Å². The summed E-state index contributed by atoms with van der Waals surface area (Å²) < 4.78 is 5.18. The van der Waals surface area contributed by atoms with E-state index in [1.807, 2.05) is 34.6 Å². The van der Waals surface area contributed by atoms with Crippen LogP contribution >= 0.6 is 0 Å². The molecule has 18 heavy (non-hydrogen) atoms. The van der Waals surface area contributed by atoms with Gasteiger partial charge in [-0.2, -0.15) is 0 Å². The maximum absolute atomic E-state index is 11.6. The van der Waals surface area contributed by atoms with Crippen LogP contribution in [0, 0.1) is 5.41 Å². The molecule has 0 aliphatic rings. The zero-order chi connectivity index (χ0) is 14.3. The Morgan fingerprint density at radius 3 is 2.22 bits per heavy atom. The second kappa shape index (κ2) is 7.36. The lowest BCUT2D eigenvalue weighted by Gasteiger charge is -2.26. The highest BCUT2D eigenvalue weighted by Crippen LogP contribution is 2.22. The SMILES string of the molecule is CC(C)OCC(=O)NC(CC(=O)O)CC(C)(C)C. The van der Waals surface area contributed by atoms with E-state index in [9.17, 15) is 9.59 Å². The topological polar surface area (TPSA) is 75.6 Å².